The first-order valence-electron chi connectivity index (χ1n) is 9.28. The Labute approximate surface area is 148 Å². The molecule has 0 aliphatic heterocycles. The number of hydrogen-bond acceptors (Lipinski definition) is 3. The smallest absolute Gasteiger partial charge is 0.191 e. The monoisotopic (exact) mass is 333 g/mol. The van der Waals surface area contributed by atoms with Crippen molar-refractivity contribution in [2.45, 2.75) is 60.0 Å². The van der Waals surface area contributed by atoms with Gasteiger partial charge < -0.3 is 15.5 Å². The minimum Gasteiger partial charge on any atom is -0.357 e. The van der Waals surface area contributed by atoms with E-state index in [1.165, 1.54) is 18.5 Å². The summed E-state index contributed by atoms with van der Waals surface area (Å²) in [5.74, 6) is 0.873. The molecule has 0 aromatic carbocycles. The van der Waals surface area contributed by atoms with E-state index in [1.54, 1.807) is 0 Å². The predicted molar refractivity (Wildman–Crippen MR) is 103 cm³/mol. The van der Waals surface area contributed by atoms with Crippen LogP contribution in [0.15, 0.2) is 23.3 Å². The van der Waals surface area contributed by atoms with Crippen LogP contribution in [0.1, 0.15) is 51.8 Å². The van der Waals surface area contributed by atoms with Crippen molar-refractivity contribution in [1.82, 2.24) is 20.5 Å². The van der Waals surface area contributed by atoms with Gasteiger partial charge in [0.2, 0.25) is 0 Å². The molecule has 24 heavy (non-hydrogen) atoms. The largest absolute Gasteiger partial charge is 0.357 e. The summed E-state index contributed by atoms with van der Waals surface area (Å²) in [7, 11) is 0. The normalized spacial score (nSPS) is 13.2. The van der Waals surface area contributed by atoms with Crippen molar-refractivity contribution in [1.29, 1.82) is 0 Å². The number of nitrogens with one attached hydrogen (secondary N) is 2. The molecule has 1 rings (SSSR count). The van der Waals surface area contributed by atoms with Crippen molar-refractivity contribution in [3.05, 3.63) is 29.6 Å². The number of nitrogens with zero attached hydrogens (tertiary/aromatic N) is 3. The lowest BCUT2D eigenvalue weighted by Gasteiger charge is -2.21. The highest BCUT2D eigenvalue weighted by molar-refractivity contribution is 5.80. The zero-order chi connectivity index (χ0) is 17.8. The first-order valence-corrected chi connectivity index (χ1v) is 9.28. The van der Waals surface area contributed by atoms with E-state index < -0.39 is 0 Å². The molecular formula is C19H35N5. The molecule has 0 fully saturated rings. The van der Waals surface area contributed by atoms with E-state index in [-0.39, 0.29) is 0 Å². The zero-order valence-corrected chi connectivity index (χ0v) is 16.1. The Morgan fingerprint density at radius 1 is 1.29 bits per heavy atom. The van der Waals surface area contributed by atoms with Crippen LogP contribution >= 0.6 is 0 Å². The van der Waals surface area contributed by atoms with Crippen LogP contribution in [0.3, 0.4) is 0 Å². The van der Waals surface area contributed by atoms with E-state index in [0.717, 1.165) is 37.7 Å². The van der Waals surface area contributed by atoms with E-state index in [2.05, 4.69) is 66.2 Å². The number of pyridine rings is 1. The number of aromatic nitrogens is 1. The Morgan fingerprint density at radius 2 is 2.04 bits per heavy atom. The van der Waals surface area contributed by atoms with Gasteiger partial charge in [-0.05, 0) is 64.9 Å². The van der Waals surface area contributed by atoms with Gasteiger partial charge in [0.1, 0.15) is 0 Å². The van der Waals surface area contributed by atoms with Gasteiger partial charge in [-0.25, -0.2) is 4.99 Å². The second kappa shape index (κ2) is 11.8. The minimum atomic E-state index is 0.406. The number of guanidine groups is 1. The maximum absolute atomic E-state index is 4.68. The maximum Gasteiger partial charge on any atom is 0.191 e. The van der Waals surface area contributed by atoms with Crippen LogP contribution in [0.5, 0.6) is 0 Å². The van der Waals surface area contributed by atoms with Crippen LogP contribution in [0.2, 0.25) is 0 Å². The molecule has 1 heterocycles. The van der Waals surface area contributed by atoms with Gasteiger partial charge in [-0.2, -0.15) is 0 Å². The lowest BCUT2D eigenvalue weighted by molar-refractivity contribution is 0.292. The molecule has 1 aromatic heterocycles. The molecule has 1 atom stereocenters. The standard InChI is InChI=1S/C19H35N5/c1-6-20-19(22-15-18-16(4)11-9-13-21-18)23-17(5)12-10-14-24(7-2)8-3/h9,11,13,17H,6-8,10,12,14-15H2,1-5H3,(H2,20,22,23). The van der Waals surface area contributed by atoms with E-state index >= 15 is 0 Å². The highest BCUT2D eigenvalue weighted by Crippen LogP contribution is 2.05. The van der Waals surface area contributed by atoms with E-state index in [4.69, 9.17) is 0 Å². The van der Waals surface area contributed by atoms with Crippen molar-refractivity contribution in [2.75, 3.05) is 26.2 Å². The van der Waals surface area contributed by atoms with Gasteiger partial charge in [0.15, 0.2) is 5.96 Å². The van der Waals surface area contributed by atoms with Crippen LogP contribution in [-0.2, 0) is 6.54 Å². The lowest BCUT2D eigenvalue weighted by Crippen LogP contribution is -2.42. The maximum atomic E-state index is 4.68. The Bertz CT molecular complexity index is 482. The molecule has 0 aliphatic carbocycles. The van der Waals surface area contributed by atoms with Gasteiger partial charge >= 0.3 is 0 Å². The van der Waals surface area contributed by atoms with Gasteiger partial charge in [0.05, 0.1) is 12.2 Å². The van der Waals surface area contributed by atoms with Crippen molar-refractivity contribution < 1.29 is 0 Å². The molecule has 0 radical (unpaired) electrons. The van der Waals surface area contributed by atoms with Crippen LogP contribution in [0.25, 0.3) is 0 Å². The molecular weight excluding hydrogens is 298 g/mol. The third-order valence-electron chi connectivity index (χ3n) is 4.24. The molecule has 0 spiro atoms. The molecule has 0 saturated carbocycles. The summed E-state index contributed by atoms with van der Waals surface area (Å²) in [6, 6.07) is 4.45. The fraction of sp³-hybridized carbons (Fsp3) is 0.684. The highest BCUT2D eigenvalue weighted by Gasteiger charge is 2.07. The Hall–Kier alpha value is -1.62. The number of rotatable bonds is 10. The minimum absolute atomic E-state index is 0.406. The summed E-state index contributed by atoms with van der Waals surface area (Å²) in [5, 5.41) is 6.84. The first kappa shape index (κ1) is 20.4. The average molecular weight is 334 g/mol. The number of aryl methyl sites for hydroxylation is 1. The molecule has 5 nitrogen and oxygen atoms in total. The number of hydrogen-bond donors (Lipinski definition) is 2. The quantitative estimate of drug-likeness (QED) is 0.510. The van der Waals surface area contributed by atoms with Crippen LogP contribution in [0, 0.1) is 6.92 Å². The van der Waals surface area contributed by atoms with Crippen molar-refractivity contribution in [3.63, 3.8) is 0 Å². The van der Waals surface area contributed by atoms with Gasteiger partial charge in [0, 0.05) is 18.8 Å². The Balaban J connectivity index is 2.49. The fourth-order valence-electron chi connectivity index (χ4n) is 2.62. The number of aliphatic imine (C=N–C) groups is 1. The summed E-state index contributed by atoms with van der Waals surface area (Å²) >= 11 is 0. The zero-order valence-electron chi connectivity index (χ0n) is 16.1. The summed E-state index contributed by atoms with van der Waals surface area (Å²) < 4.78 is 0. The third-order valence-corrected chi connectivity index (χ3v) is 4.24. The average Bonchev–Trinajstić information content (AvgIpc) is 2.58. The SMILES string of the molecule is CCNC(=NCc1ncccc1C)NC(C)CCCN(CC)CC. The van der Waals surface area contributed by atoms with Crippen LogP contribution < -0.4 is 10.6 Å². The van der Waals surface area contributed by atoms with Gasteiger partial charge in [-0.1, -0.05) is 19.9 Å². The summed E-state index contributed by atoms with van der Waals surface area (Å²) in [5.41, 5.74) is 2.22. The Kier molecular flexibility index (Phi) is 10.1. The molecule has 136 valence electrons. The van der Waals surface area contributed by atoms with Crippen LogP contribution in [-0.4, -0.2) is 48.1 Å². The second-order valence-corrected chi connectivity index (χ2v) is 6.18. The summed E-state index contributed by atoms with van der Waals surface area (Å²) in [4.78, 5) is 11.6. The second-order valence-electron chi connectivity index (χ2n) is 6.18. The summed E-state index contributed by atoms with van der Waals surface area (Å²) in [6.07, 6.45) is 4.17. The first-order chi connectivity index (χ1) is 11.6. The van der Waals surface area contributed by atoms with Gasteiger partial charge in [0.25, 0.3) is 0 Å². The van der Waals surface area contributed by atoms with E-state index in [9.17, 15) is 0 Å². The molecule has 0 amide bonds. The molecule has 0 aliphatic rings. The third kappa shape index (κ3) is 7.77. The topological polar surface area (TPSA) is 52.6 Å². The van der Waals surface area contributed by atoms with Crippen molar-refractivity contribution in [2.24, 2.45) is 4.99 Å². The van der Waals surface area contributed by atoms with Gasteiger partial charge in [-0.15, -0.1) is 0 Å². The molecule has 1 aromatic rings. The Morgan fingerprint density at radius 3 is 2.67 bits per heavy atom. The molecule has 0 bridgehead atoms. The van der Waals surface area contributed by atoms with Crippen LogP contribution in [0.4, 0.5) is 0 Å². The van der Waals surface area contributed by atoms with E-state index in [1.807, 2.05) is 12.3 Å². The van der Waals surface area contributed by atoms with Gasteiger partial charge in [-0.3, -0.25) is 4.98 Å². The molecule has 5 heteroatoms. The van der Waals surface area contributed by atoms with E-state index in [0.29, 0.717) is 12.6 Å². The molecule has 1 unspecified atom stereocenters. The lowest BCUT2D eigenvalue weighted by atomic mass is 10.2. The summed E-state index contributed by atoms with van der Waals surface area (Å²) in [6.45, 7) is 15.7. The van der Waals surface area contributed by atoms with Crippen molar-refractivity contribution >= 4 is 5.96 Å². The molecule has 0 saturated heterocycles. The van der Waals surface area contributed by atoms with Crippen molar-refractivity contribution in [3.8, 4) is 0 Å². The fourth-order valence-corrected chi connectivity index (χ4v) is 2.62. The highest BCUT2D eigenvalue weighted by atomic mass is 15.2. The molecule has 2 N–H and O–H groups in total. The predicted octanol–water partition coefficient (Wildman–Crippen LogP) is 2.96.